The molecule has 29 heavy (non-hydrogen) atoms. The molecule has 3 atom stereocenters. The van der Waals surface area contributed by atoms with Crippen molar-refractivity contribution in [1.82, 2.24) is 9.88 Å². The number of pyridine rings is 1. The molecule has 152 valence electrons. The van der Waals surface area contributed by atoms with Crippen molar-refractivity contribution in [2.45, 2.75) is 31.3 Å². The molecular formula is C19H17BrFIN4O3. The van der Waals surface area contributed by atoms with Crippen molar-refractivity contribution in [3.63, 3.8) is 0 Å². The molecular weight excluding hydrogens is 558 g/mol. The average Bonchev–Trinajstić information content (AvgIpc) is 3.29. The van der Waals surface area contributed by atoms with E-state index in [1.54, 1.807) is 0 Å². The van der Waals surface area contributed by atoms with Crippen LogP contribution in [0.5, 0.6) is 5.88 Å². The van der Waals surface area contributed by atoms with Gasteiger partial charge in [0.25, 0.3) is 0 Å². The van der Waals surface area contributed by atoms with Crippen molar-refractivity contribution >= 4 is 61.2 Å². The molecule has 2 aliphatic heterocycles. The maximum atomic E-state index is 15.1. The van der Waals surface area contributed by atoms with Gasteiger partial charge >= 0.3 is 6.09 Å². The number of nitrogens with one attached hydrogen (secondary N) is 1. The van der Waals surface area contributed by atoms with E-state index < -0.39 is 11.9 Å². The molecule has 3 aliphatic rings. The first kappa shape index (κ1) is 20.4. The van der Waals surface area contributed by atoms with E-state index in [-0.39, 0.29) is 29.9 Å². The quantitative estimate of drug-likeness (QED) is 0.515. The molecule has 0 spiro atoms. The van der Waals surface area contributed by atoms with Crippen LogP contribution in [-0.2, 0) is 6.42 Å². The Morgan fingerprint density at radius 2 is 2.38 bits per heavy atom. The number of carboxylic acid groups (broad SMARTS) is 1. The van der Waals surface area contributed by atoms with E-state index in [2.05, 4.69) is 54.9 Å². The number of aryl methyl sites for hydroxylation is 1. The molecule has 1 aliphatic carbocycles. The minimum absolute atomic E-state index is 0.0378. The number of ether oxygens (including phenoxy) is 1. The van der Waals surface area contributed by atoms with Gasteiger partial charge in [0.15, 0.2) is 5.82 Å². The Morgan fingerprint density at radius 1 is 1.62 bits per heavy atom. The highest BCUT2D eigenvalue weighted by molar-refractivity contribution is 14.1. The Labute approximate surface area is 188 Å². The van der Waals surface area contributed by atoms with Gasteiger partial charge in [-0.25, -0.2) is 14.2 Å². The predicted molar refractivity (Wildman–Crippen MR) is 117 cm³/mol. The van der Waals surface area contributed by atoms with Crippen molar-refractivity contribution < 1.29 is 19.0 Å². The van der Waals surface area contributed by atoms with Gasteiger partial charge in [0.2, 0.25) is 5.88 Å². The number of halogens is 3. The zero-order valence-electron chi connectivity index (χ0n) is 15.4. The van der Waals surface area contributed by atoms with Gasteiger partial charge in [0.05, 0.1) is 39.0 Å². The summed E-state index contributed by atoms with van der Waals surface area (Å²) in [5, 5.41) is 22.3. The van der Waals surface area contributed by atoms with Crippen LogP contribution in [0.1, 0.15) is 18.4 Å². The number of amides is 1. The fourth-order valence-electron chi connectivity index (χ4n) is 4.21. The SMILES string of the molecule is COc1nc2c(F)c(Br)c(CCC#N)cc2c(N[C@H]2[C@@H]3C[C@H]2N(C(=O)O)C3)c1I. The maximum Gasteiger partial charge on any atom is 0.407 e. The molecule has 2 bridgehead atoms. The second-order valence-corrected chi connectivity index (χ2v) is 9.07. The van der Waals surface area contributed by atoms with Crippen LogP contribution in [-0.4, -0.2) is 46.8 Å². The van der Waals surface area contributed by atoms with Crippen LogP contribution in [0.15, 0.2) is 10.5 Å². The molecule has 1 aromatic carbocycles. The van der Waals surface area contributed by atoms with Gasteiger partial charge < -0.3 is 20.1 Å². The van der Waals surface area contributed by atoms with E-state index in [4.69, 9.17) is 10.00 Å². The summed E-state index contributed by atoms with van der Waals surface area (Å²) >= 11 is 5.40. The molecule has 10 heteroatoms. The molecule has 1 amide bonds. The summed E-state index contributed by atoms with van der Waals surface area (Å²) in [6.45, 7) is 0.502. The van der Waals surface area contributed by atoms with Crippen molar-refractivity contribution in [2.75, 3.05) is 19.0 Å². The maximum absolute atomic E-state index is 15.1. The molecule has 0 unspecified atom stereocenters. The summed E-state index contributed by atoms with van der Waals surface area (Å²) in [6, 6.07) is 3.79. The topological polar surface area (TPSA) is 98.5 Å². The average molecular weight is 575 g/mol. The van der Waals surface area contributed by atoms with E-state index in [1.165, 1.54) is 12.0 Å². The highest BCUT2D eigenvalue weighted by Crippen LogP contribution is 2.45. The minimum Gasteiger partial charge on any atom is -0.480 e. The van der Waals surface area contributed by atoms with Crippen LogP contribution in [0.2, 0.25) is 0 Å². The first-order chi connectivity index (χ1) is 13.9. The molecule has 1 saturated carbocycles. The lowest BCUT2D eigenvalue weighted by Gasteiger charge is -2.37. The van der Waals surface area contributed by atoms with Crippen LogP contribution in [0.4, 0.5) is 14.9 Å². The van der Waals surface area contributed by atoms with Gasteiger partial charge in [-0.15, -0.1) is 0 Å². The van der Waals surface area contributed by atoms with E-state index >= 15 is 4.39 Å². The standard InChI is InChI=1S/C19H17BrFIN4O3/c1-29-18-14(22)17(24-15-9-6-11(15)26(7-9)19(27)28)10-5-8(3-2-4-23)12(20)13(21)16(10)25-18/h5,9,11,15H,2-3,6-7H2,1H3,(H,24,25)(H,27,28)/t9-,11-,15+/m1/s1. The zero-order valence-corrected chi connectivity index (χ0v) is 19.1. The number of carbonyl (C=O) groups is 1. The predicted octanol–water partition coefficient (Wildman–Crippen LogP) is 4.37. The molecule has 2 N–H and O–H groups in total. The molecule has 7 nitrogen and oxygen atoms in total. The van der Waals surface area contributed by atoms with E-state index in [0.717, 1.165) is 6.42 Å². The van der Waals surface area contributed by atoms with Gasteiger partial charge in [-0.1, -0.05) is 0 Å². The fourth-order valence-corrected chi connectivity index (χ4v) is 5.50. The summed E-state index contributed by atoms with van der Waals surface area (Å²) in [7, 11) is 1.48. The number of nitriles is 1. The monoisotopic (exact) mass is 574 g/mol. The van der Waals surface area contributed by atoms with Gasteiger partial charge in [-0.3, -0.25) is 0 Å². The summed E-state index contributed by atoms with van der Waals surface area (Å²) < 4.78 is 21.5. The second-order valence-electron chi connectivity index (χ2n) is 7.20. The van der Waals surface area contributed by atoms with Gasteiger partial charge in [0.1, 0.15) is 5.52 Å². The third-order valence-corrected chi connectivity index (χ3v) is 7.56. The molecule has 2 aromatic rings. The van der Waals surface area contributed by atoms with Crippen LogP contribution < -0.4 is 10.1 Å². The number of fused-ring (bicyclic) bond motifs is 2. The van der Waals surface area contributed by atoms with E-state index in [0.29, 0.717) is 43.5 Å². The number of methoxy groups -OCH3 is 1. The van der Waals surface area contributed by atoms with Crippen molar-refractivity contribution in [2.24, 2.45) is 5.92 Å². The van der Waals surface area contributed by atoms with Crippen molar-refractivity contribution in [1.29, 1.82) is 5.26 Å². The van der Waals surface area contributed by atoms with Gasteiger partial charge in [-0.2, -0.15) is 5.26 Å². The number of benzene rings is 1. The number of hydrogen-bond acceptors (Lipinski definition) is 5. The summed E-state index contributed by atoms with van der Waals surface area (Å²) in [5.41, 5.74) is 1.54. The Balaban J connectivity index is 1.81. The third kappa shape index (κ3) is 3.28. The lowest BCUT2D eigenvalue weighted by Crippen LogP contribution is -2.49. The molecule has 3 fully saturated rings. The Hall–Kier alpha value is -1.87. The van der Waals surface area contributed by atoms with Crippen molar-refractivity contribution in [3.05, 3.63) is 25.5 Å². The van der Waals surface area contributed by atoms with Crippen LogP contribution in [0.25, 0.3) is 10.9 Å². The normalized spacial score (nSPS) is 22.3. The lowest BCUT2D eigenvalue weighted by molar-refractivity contribution is 0.140. The highest BCUT2D eigenvalue weighted by atomic mass is 127. The highest BCUT2D eigenvalue weighted by Gasteiger charge is 2.54. The summed E-state index contributed by atoms with van der Waals surface area (Å²) in [4.78, 5) is 17.2. The minimum atomic E-state index is -0.914. The number of nitrogens with zero attached hydrogens (tertiary/aromatic N) is 3. The van der Waals surface area contributed by atoms with Gasteiger partial charge in [0, 0.05) is 24.3 Å². The Morgan fingerprint density at radius 3 is 3.00 bits per heavy atom. The smallest absolute Gasteiger partial charge is 0.407 e. The van der Waals surface area contributed by atoms with E-state index in [9.17, 15) is 9.90 Å². The molecule has 3 heterocycles. The molecule has 5 rings (SSSR count). The third-order valence-electron chi connectivity index (χ3n) is 5.70. The number of aromatic nitrogens is 1. The zero-order chi connectivity index (χ0) is 20.9. The lowest BCUT2D eigenvalue weighted by atomic mass is 9.80. The Kier molecular flexibility index (Phi) is 5.46. The first-order valence-corrected chi connectivity index (χ1v) is 10.9. The first-order valence-electron chi connectivity index (χ1n) is 9.04. The second kappa shape index (κ2) is 7.75. The molecule has 2 saturated heterocycles. The molecule has 0 radical (unpaired) electrons. The number of anilines is 1. The largest absolute Gasteiger partial charge is 0.480 e. The summed E-state index contributed by atoms with van der Waals surface area (Å²) in [5.74, 6) is 0.0225. The van der Waals surface area contributed by atoms with Gasteiger partial charge in [-0.05, 0) is 63.0 Å². The molecule has 1 aromatic heterocycles. The van der Waals surface area contributed by atoms with Crippen molar-refractivity contribution in [3.8, 4) is 11.9 Å². The summed E-state index contributed by atoms with van der Waals surface area (Å²) in [6.07, 6.45) is 0.594. The fraction of sp³-hybridized carbons (Fsp3) is 0.421. The van der Waals surface area contributed by atoms with Crippen LogP contribution in [0, 0.1) is 26.6 Å². The number of rotatable bonds is 5. The van der Waals surface area contributed by atoms with Crippen LogP contribution >= 0.6 is 38.5 Å². The number of hydrogen-bond donors (Lipinski definition) is 2. The Bertz CT molecular complexity index is 1060. The van der Waals surface area contributed by atoms with E-state index in [1.807, 2.05) is 6.07 Å². The van der Waals surface area contributed by atoms with Crippen LogP contribution in [0.3, 0.4) is 0 Å².